The standard InChI is InChI=1S/C27H32O/c1-8-28-21-16-19(4)26(20(5)17-21)24-14-11-13-22(24)23-12-9-10-15-25(23)27(6,7)18(2)3/h8-18,24H,1H2,2-7H3. The Labute approximate surface area is 170 Å². The van der Waals surface area contributed by atoms with Crippen LogP contribution in [-0.2, 0) is 5.41 Å². The van der Waals surface area contributed by atoms with Gasteiger partial charge in [-0.2, -0.15) is 0 Å². The zero-order valence-electron chi connectivity index (χ0n) is 18.0. The van der Waals surface area contributed by atoms with Crippen molar-refractivity contribution in [2.75, 3.05) is 0 Å². The molecular weight excluding hydrogens is 340 g/mol. The van der Waals surface area contributed by atoms with Gasteiger partial charge in [0.15, 0.2) is 0 Å². The molecule has 1 heteroatoms. The van der Waals surface area contributed by atoms with Crippen LogP contribution in [0.4, 0.5) is 0 Å². The van der Waals surface area contributed by atoms with Gasteiger partial charge >= 0.3 is 0 Å². The molecule has 0 spiro atoms. The molecule has 2 aromatic carbocycles. The summed E-state index contributed by atoms with van der Waals surface area (Å²) in [5.41, 5.74) is 8.14. The molecule has 0 radical (unpaired) electrons. The second-order valence-electron chi connectivity index (χ2n) is 8.66. The number of allylic oxidation sites excluding steroid dienone is 4. The fourth-order valence-electron chi connectivity index (χ4n) is 4.18. The smallest absolute Gasteiger partial charge is 0.127 e. The highest BCUT2D eigenvalue weighted by molar-refractivity contribution is 5.80. The summed E-state index contributed by atoms with van der Waals surface area (Å²) in [6, 6.07) is 13.1. The van der Waals surface area contributed by atoms with E-state index in [-0.39, 0.29) is 11.3 Å². The number of rotatable bonds is 6. The molecule has 0 fully saturated rings. The van der Waals surface area contributed by atoms with Crippen LogP contribution in [-0.4, -0.2) is 0 Å². The molecule has 0 aromatic heterocycles. The highest BCUT2D eigenvalue weighted by atomic mass is 16.5. The number of ether oxygens (including phenoxy) is 1. The highest BCUT2D eigenvalue weighted by Gasteiger charge is 2.31. The third-order valence-corrected chi connectivity index (χ3v) is 6.39. The van der Waals surface area contributed by atoms with Crippen LogP contribution >= 0.6 is 0 Å². The van der Waals surface area contributed by atoms with E-state index in [0.717, 1.165) is 5.75 Å². The molecule has 1 nitrogen and oxygen atoms in total. The van der Waals surface area contributed by atoms with Crippen LogP contribution in [0, 0.1) is 19.8 Å². The van der Waals surface area contributed by atoms with E-state index in [9.17, 15) is 0 Å². The van der Waals surface area contributed by atoms with Crippen LogP contribution < -0.4 is 4.74 Å². The summed E-state index contributed by atoms with van der Waals surface area (Å²) in [4.78, 5) is 0. The van der Waals surface area contributed by atoms with Crippen molar-refractivity contribution in [1.29, 1.82) is 0 Å². The van der Waals surface area contributed by atoms with Crippen molar-refractivity contribution in [2.45, 2.75) is 52.9 Å². The Morgan fingerprint density at radius 2 is 1.71 bits per heavy atom. The van der Waals surface area contributed by atoms with Crippen molar-refractivity contribution in [2.24, 2.45) is 5.92 Å². The maximum absolute atomic E-state index is 5.52. The monoisotopic (exact) mass is 372 g/mol. The van der Waals surface area contributed by atoms with Gasteiger partial charge in [0.2, 0.25) is 0 Å². The predicted octanol–water partition coefficient (Wildman–Crippen LogP) is 7.50. The van der Waals surface area contributed by atoms with Crippen molar-refractivity contribution in [3.05, 3.63) is 95.3 Å². The van der Waals surface area contributed by atoms with Crippen molar-refractivity contribution in [1.82, 2.24) is 0 Å². The van der Waals surface area contributed by atoms with E-state index in [1.54, 1.807) is 0 Å². The predicted molar refractivity (Wildman–Crippen MR) is 121 cm³/mol. The molecule has 0 heterocycles. The van der Waals surface area contributed by atoms with Crippen LogP contribution in [0.1, 0.15) is 61.4 Å². The van der Waals surface area contributed by atoms with Crippen LogP contribution in [0.25, 0.3) is 5.57 Å². The van der Waals surface area contributed by atoms with Crippen LogP contribution in [0.3, 0.4) is 0 Å². The van der Waals surface area contributed by atoms with E-state index < -0.39 is 0 Å². The Kier molecular flexibility index (Phi) is 5.65. The Morgan fingerprint density at radius 1 is 1.07 bits per heavy atom. The third-order valence-electron chi connectivity index (χ3n) is 6.39. The number of hydrogen-bond acceptors (Lipinski definition) is 1. The highest BCUT2D eigenvalue weighted by Crippen LogP contribution is 2.45. The van der Waals surface area contributed by atoms with Crippen molar-refractivity contribution >= 4 is 5.57 Å². The topological polar surface area (TPSA) is 9.23 Å². The maximum atomic E-state index is 5.52. The Hall–Kier alpha value is -2.54. The largest absolute Gasteiger partial charge is 0.466 e. The summed E-state index contributed by atoms with van der Waals surface area (Å²) in [6.07, 6.45) is 8.29. The summed E-state index contributed by atoms with van der Waals surface area (Å²) in [5, 5.41) is 0. The zero-order chi connectivity index (χ0) is 20.5. The summed E-state index contributed by atoms with van der Waals surface area (Å²) in [7, 11) is 0. The molecule has 1 atom stereocenters. The second-order valence-corrected chi connectivity index (χ2v) is 8.66. The van der Waals surface area contributed by atoms with E-state index in [1.807, 2.05) is 0 Å². The van der Waals surface area contributed by atoms with Gasteiger partial charge in [-0.1, -0.05) is 76.8 Å². The minimum absolute atomic E-state index is 0.107. The van der Waals surface area contributed by atoms with Gasteiger partial charge in [-0.25, -0.2) is 0 Å². The maximum Gasteiger partial charge on any atom is 0.127 e. The fraction of sp³-hybridized carbons (Fsp3) is 0.333. The summed E-state index contributed by atoms with van der Waals surface area (Å²) in [6.45, 7) is 17.3. The molecule has 0 amide bonds. The first-order valence-electron chi connectivity index (χ1n) is 10.1. The quantitative estimate of drug-likeness (QED) is 0.477. The lowest BCUT2D eigenvalue weighted by molar-refractivity contribution is 0.371. The number of hydrogen-bond donors (Lipinski definition) is 0. The molecule has 2 aromatic rings. The Bertz CT molecular complexity index is 917. The molecule has 0 saturated heterocycles. The third kappa shape index (κ3) is 3.58. The molecule has 0 saturated carbocycles. The van der Waals surface area contributed by atoms with Crippen LogP contribution in [0.15, 0.2) is 67.5 Å². The fourth-order valence-corrected chi connectivity index (χ4v) is 4.18. The van der Waals surface area contributed by atoms with Gasteiger partial charge in [0, 0.05) is 5.92 Å². The van der Waals surface area contributed by atoms with E-state index in [0.29, 0.717) is 5.92 Å². The molecule has 0 bridgehead atoms. The minimum atomic E-state index is 0.107. The van der Waals surface area contributed by atoms with E-state index in [1.165, 1.54) is 39.7 Å². The van der Waals surface area contributed by atoms with E-state index in [2.05, 4.69) is 103 Å². The average molecular weight is 373 g/mol. The zero-order valence-corrected chi connectivity index (χ0v) is 18.0. The average Bonchev–Trinajstić information content (AvgIpc) is 3.10. The van der Waals surface area contributed by atoms with Gasteiger partial charge in [0.05, 0.1) is 6.26 Å². The molecule has 0 N–H and O–H groups in total. The molecule has 146 valence electrons. The molecule has 1 aliphatic rings. The first-order chi connectivity index (χ1) is 13.3. The Balaban J connectivity index is 2.09. The minimum Gasteiger partial charge on any atom is -0.466 e. The lowest BCUT2D eigenvalue weighted by Crippen LogP contribution is -2.26. The van der Waals surface area contributed by atoms with Crippen molar-refractivity contribution in [3.63, 3.8) is 0 Å². The van der Waals surface area contributed by atoms with Gasteiger partial charge in [-0.15, -0.1) is 0 Å². The molecule has 28 heavy (non-hydrogen) atoms. The van der Waals surface area contributed by atoms with Crippen LogP contribution in [0.2, 0.25) is 0 Å². The van der Waals surface area contributed by atoms with Crippen molar-refractivity contribution < 1.29 is 4.74 Å². The SMILES string of the molecule is C=COc1cc(C)c(C2C=CC=C2c2ccccc2C(C)(C)C(C)C)c(C)c1. The lowest BCUT2D eigenvalue weighted by atomic mass is 9.71. The molecule has 1 unspecified atom stereocenters. The molecule has 3 rings (SSSR count). The summed E-state index contributed by atoms with van der Waals surface area (Å²) < 4.78 is 5.52. The first-order valence-corrected chi connectivity index (χ1v) is 10.1. The van der Waals surface area contributed by atoms with E-state index >= 15 is 0 Å². The molecule has 0 aliphatic heterocycles. The van der Waals surface area contributed by atoms with Gasteiger partial charge in [0.25, 0.3) is 0 Å². The van der Waals surface area contributed by atoms with Gasteiger partial charge < -0.3 is 4.74 Å². The normalized spacial score (nSPS) is 16.4. The van der Waals surface area contributed by atoms with Crippen molar-refractivity contribution in [3.8, 4) is 5.75 Å². The summed E-state index contributed by atoms with van der Waals surface area (Å²) in [5.74, 6) is 1.67. The van der Waals surface area contributed by atoms with Gasteiger partial charge in [0.1, 0.15) is 5.75 Å². The second kappa shape index (κ2) is 7.83. The number of aryl methyl sites for hydroxylation is 2. The summed E-state index contributed by atoms with van der Waals surface area (Å²) >= 11 is 0. The number of benzene rings is 2. The first kappa shape index (κ1) is 20.2. The van der Waals surface area contributed by atoms with Gasteiger partial charge in [-0.3, -0.25) is 0 Å². The molecule has 1 aliphatic carbocycles. The van der Waals surface area contributed by atoms with Gasteiger partial charge in [-0.05, 0) is 70.7 Å². The van der Waals surface area contributed by atoms with E-state index in [4.69, 9.17) is 4.74 Å². The lowest BCUT2D eigenvalue weighted by Gasteiger charge is -2.33. The Morgan fingerprint density at radius 3 is 2.32 bits per heavy atom. The van der Waals surface area contributed by atoms with Crippen LogP contribution in [0.5, 0.6) is 5.75 Å². The molecular formula is C27H32O.